The summed E-state index contributed by atoms with van der Waals surface area (Å²) < 4.78 is 19.7. The van der Waals surface area contributed by atoms with Gasteiger partial charge in [-0.25, -0.2) is 4.39 Å². The molecule has 1 aromatic carbocycles. The molecule has 28 heavy (non-hydrogen) atoms. The molecule has 0 N–H and O–H groups in total. The van der Waals surface area contributed by atoms with Crippen LogP contribution < -0.4 is 0 Å². The highest BCUT2D eigenvalue weighted by Gasteiger charge is 2.63. The zero-order chi connectivity index (χ0) is 19.5. The summed E-state index contributed by atoms with van der Waals surface area (Å²) in [5, 5.41) is 9.05. The fourth-order valence-corrected chi connectivity index (χ4v) is 7.02. The third kappa shape index (κ3) is 2.54. The van der Waals surface area contributed by atoms with Crippen molar-refractivity contribution in [1.29, 1.82) is 5.26 Å². The molecule has 0 aromatic heterocycles. The van der Waals surface area contributed by atoms with Gasteiger partial charge in [0, 0.05) is 32.0 Å². The number of rotatable bonds is 4. The molecular weight excluding hydrogens is 355 g/mol. The minimum atomic E-state index is -0.235. The molecule has 1 heterocycles. The summed E-state index contributed by atoms with van der Waals surface area (Å²) in [6, 6.07) is 9.12. The predicted molar refractivity (Wildman–Crippen MR) is 102 cm³/mol. The van der Waals surface area contributed by atoms with Crippen LogP contribution >= 0.6 is 0 Å². The number of nitriles is 1. The zero-order valence-corrected chi connectivity index (χ0v) is 16.4. The first kappa shape index (κ1) is 18.1. The van der Waals surface area contributed by atoms with Crippen molar-refractivity contribution in [2.75, 3.05) is 20.2 Å². The normalized spacial score (nSPS) is 38.9. The van der Waals surface area contributed by atoms with Crippen LogP contribution in [0, 0.1) is 40.8 Å². The standard InChI is InChI=1S/C23H27FN2O2/c1-28-22-8-15-6-18(9-22)23(19(7-15)10-22,17-2-4-20(24)5-3-17)11-21(27)26-13-16(12-25)14-26/h2-5,15-16,18-19H,6-11,13-14H2,1H3/t15-,18?,19?,22?,23+. The molecule has 5 aliphatic rings. The van der Waals surface area contributed by atoms with Gasteiger partial charge in [-0.1, -0.05) is 12.1 Å². The molecule has 2 unspecified atom stereocenters. The lowest BCUT2D eigenvalue weighted by molar-refractivity contribution is -0.185. The monoisotopic (exact) mass is 382 g/mol. The molecule has 5 heteroatoms. The number of nitrogens with zero attached hydrogens (tertiary/aromatic N) is 2. The number of carbonyl (C=O) groups excluding carboxylic acids is 1. The maximum Gasteiger partial charge on any atom is 0.223 e. The van der Waals surface area contributed by atoms with E-state index in [4.69, 9.17) is 10.00 Å². The third-order valence-electron chi connectivity index (χ3n) is 8.27. The van der Waals surface area contributed by atoms with E-state index in [2.05, 4.69) is 6.07 Å². The van der Waals surface area contributed by atoms with Crippen LogP contribution in [0.25, 0.3) is 0 Å². The minimum Gasteiger partial charge on any atom is -0.378 e. The Balaban J connectivity index is 1.51. The Hall–Kier alpha value is -1.93. The number of likely N-dealkylation sites (tertiary alicyclic amines) is 1. The number of benzene rings is 1. The van der Waals surface area contributed by atoms with Crippen LogP contribution in [-0.4, -0.2) is 36.6 Å². The predicted octanol–water partition coefficient (Wildman–Crippen LogP) is 3.66. The van der Waals surface area contributed by atoms with E-state index in [1.54, 1.807) is 0 Å². The van der Waals surface area contributed by atoms with Crippen molar-refractivity contribution in [2.24, 2.45) is 23.7 Å². The van der Waals surface area contributed by atoms with Gasteiger partial charge in [0.05, 0.1) is 17.6 Å². The molecular formula is C23H27FN2O2. The molecule has 148 valence electrons. The van der Waals surface area contributed by atoms with E-state index in [0.717, 1.165) is 37.7 Å². The maximum absolute atomic E-state index is 13.7. The number of halogens is 1. The van der Waals surface area contributed by atoms with Crippen molar-refractivity contribution in [3.63, 3.8) is 0 Å². The highest BCUT2D eigenvalue weighted by Crippen LogP contribution is 2.66. The van der Waals surface area contributed by atoms with E-state index < -0.39 is 0 Å². The average molecular weight is 382 g/mol. The van der Waals surface area contributed by atoms with E-state index in [9.17, 15) is 9.18 Å². The van der Waals surface area contributed by atoms with Gasteiger partial charge in [-0.15, -0.1) is 0 Å². The van der Waals surface area contributed by atoms with Crippen LogP contribution in [0.1, 0.15) is 44.1 Å². The second-order valence-electron chi connectivity index (χ2n) is 9.58. The van der Waals surface area contributed by atoms with Gasteiger partial charge in [-0.05, 0) is 67.6 Å². The smallest absolute Gasteiger partial charge is 0.223 e. The van der Waals surface area contributed by atoms with Crippen LogP contribution in [0.4, 0.5) is 4.39 Å². The highest BCUT2D eigenvalue weighted by atomic mass is 19.1. The van der Waals surface area contributed by atoms with Gasteiger partial charge < -0.3 is 9.64 Å². The Kier molecular flexibility index (Phi) is 4.07. The SMILES string of the molecule is COC12CC3C[C@H](CC(C1)[C@@]3(CC(=O)N1CC(C#N)C1)c1ccc(F)cc1)C2. The lowest BCUT2D eigenvalue weighted by atomic mass is 9.41. The summed E-state index contributed by atoms with van der Waals surface area (Å²) >= 11 is 0. The Labute approximate surface area is 165 Å². The summed E-state index contributed by atoms with van der Waals surface area (Å²) in [6.07, 6.45) is 5.85. The molecule has 2 atom stereocenters. The summed E-state index contributed by atoms with van der Waals surface area (Å²) in [4.78, 5) is 15.0. The van der Waals surface area contributed by atoms with Crippen LogP contribution in [-0.2, 0) is 14.9 Å². The topological polar surface area (TPSA) is 53.3 Å². The first-order valence-electron chi connectivity index (χ1n) is 10.5. The molecule has 4 nitrogen and oxygen atoms in total. The van der Waals surface area contributed by atoms with Gasteiger partial charge in [0.2, 0.25) is 5.91 Å². The van der Waals surface area contributed by atoms with Crippen molar-refractivity contribution in [1.82, 2.24) is 4.90 Å². The van der Waals surface area contributed by atoms with Crippen molar-refractivity contribution in [3.8, 4) is 6.07 Å². The molecule has 1 saturated heterocycles. The van der Waals surface area contributed by atoms with Gasteiger partial charge in [0.1, 0.15) is 5.82 Å². The molecule has 1 aromatic rings. The minimum absolute atomic E-state index is 0.0269. The summed E-state index contributed by atoms with van der Waals surface area (Å²) in [7, 11) is 1.83. The lowest BCUT2D eigenvalue weighted by Gasteiger charge is -2.65. The van der Waals surface area contributed by atoms with Gasteiger partial charge in [-0.3, -0.25) is 4.79 Å². The fraction of sp³-hybridized carbons (Fsp3) is 0.652. The lowest BCUT2D eigenvalue weighted by Crippen LogP contribution is -2.64. The molecule has 4 aliphatic carbocycles. The summed E-state index contributed by atoms with van der Waals surface area (Å²) in [5.41, 5.74) is 0.840. The molecule has 0 radical (unpaired) electrons. The Morgan fingerprint density at radius 3 is 2.43 bits per heavy atom. The van der Waals surface area contributed by atoms with E-state index in [-0.39, 0.29) is 28.7 Å². The molecule has 1 aliphatic heterocycles. The Bertz CT molecular complexity index is 808. The van der Waals surface area contributed by atoms with Crippen molar-refractivity contribution >= 4 is 5.91 Å². The van der Waals surface area contributed by atoms with Crippen molar-refractivity contribution in [3.05, 3.63) is 35.6 Å². The van der Waals surface area contributed by atoms with Crippen LogP contribution in [0.5, 0.6) is 0 Å². The first-order chi connectivity index (χ1) is 13.5. The molecule has 4 saturated carbocycles. The van der Waals surface area contributed by atoms with E-state index in [0.29, 0.717) is 37.3 Å². The number of carbonyl (C=O) groups is 1. The fourth-order valence-electron chi connectivity index (χ4n) is 7.02. The third-order valence-corrected chi connectivity index (χ3v) is 8.27. The molecule has 5 fully saturated rings. The van der Waals surface area contributed by atoms with Gasteiger partial charge in [-0.2, -0.15) is 5.26 Å². The highest BCUT2D eigenvalue weighted by molar-refractivity contribution is 5.79. The molecule has 0 spiro atoms. The summed E-state index contributed by atoms with van der Waals surface area (Å²) in [6.45, 7) is 1.10. The quantitative estimate of drug-likeness (QED) is 0.799. The van der Waals surface area contributed by atoms with Crippen molar-refractivity contribution in [2.45, 2.75) is 49.5 Å². The van der Waals surface area contributed by atoms with E-state index in [1.165, 1.54) is 12.1 Å². The van der Waals surface area contributed by atoms with E-state index >= 15 is 0 Å². The zero-order valence-electron chi connectivity index (χ0n) is 16.4. The van der Waals surface area contributed by atoms with Gasteiger partial charge in [0.25, 0.3) is 0 Å². The van der Waals surface area contributed by atoms with E-state index in [1.807, 2.05) is 24.1 Å². The largest absolute Gasteiger partial charge is 0.378 e. The van der Waals surface area contributed by atoms with Crippen LogP contribution in [0.15, 0.2) is 24.3 Å². The average Bonchev–Trinajstić information content (AvgIpc) is 2.64. The Morgan fingerprint density at radius 2 is 1.86 bits per heavy atom. The van der Waals surface area contributed by atoms with Gasteiger partial charge >= 0.3 is 0 Å². The second-order valence-corrected chi connectivity index (χ2v) is 9.58. The maximum atomic E-state index is 13.7. The van der Waals surface area contributed by atoms with Crippen molar-refractivity contribution < 1.29 is 13.9 Å². The number of ether oxygens (including phenoxy) is 1. The van der Waals surface area contributed by atoms with Crippen LogP contribution in [0.2, 0.25) is 0 Å². The van der Waals surface area contributed by atoms with Crippen LogP contribution in [0.3, 0.4) is 0 Å². The molecule has 4 bridgehead atoms. The molecule has 1 amide bonds. The molecule has 6 rings (SSSR count). The number of hydrogen-bond acceptors (Lipinski definition) is 3. The number of hydrogen-bond donors (Lipinski definition) is 0. The van der Waals surface area contributed by atoms with Gasteiger partial charge in [0.15, 0.2) is 0 Å². The Morgan fingerprint density at radius 1 is 1.21 bits per heavy atom. The first-order valence-corrected chi connectivity index (χ1v) is 10.5. The summed E-state index contributed by atoms with van der Waals surface area (Å²) in [5.74, 6) is 1.34. The number of amides is 1. The number of methoxy groups -OCH3 is 1. The second kappa shape index (κ2) is 6.29.